The van der Waals surface area contributed by atoms with Gasteiger partial charge in [0.15, 0.2) is 5.82 Å². The zero-order valence-corrected chi connectivity index (χ0v) is 18.6. The lowest BCUT2D eigenvalue weighted by atomic mass is 10.1. The lowest BCUT2D eigenvalue weighted by Crippen LogP contribution is -2.48. The third-order valence-electron chi connectivity index (χ3n) is 5.27. The number of rotatable bonds is 5. The van der Waals surface area contributed by atoms with Gasteiger partial charge in [0.1, 0.15) is 5.82 Å². The molecule has 160 valence electrons. The SMILES string of the molecule is Cc1cccc(-c2nc(C)cc(N3CCN(S(=O)(=O)/C=C/c4ccccc4)CC3)n2)c1. The molecule has 31 heavy (non-hydrogen) atoms. The molecule has 0 aliphatic carbocycles. The van der Waals surface area contributed by atoms with Gasteiger partial charge in [0.05, 0.1) is 0 Å². The predicted octanol–water partition coefficient (Wildman–Crippen LogP) is 3.88. The highest BCUT2D eigenvalue weighted by molar-refractivity contribution is 7.92. The maximum Gasteiger partial charge on any atom is 0.236 e. The second-order valence-corrected chi connectivity index (χ2v) is 9.52. The molecular weight excluding hydrogens is 408 g/mol. The molecule has 0 unspecified atom stereocenters. The predicted molar refractivity (Wildman–Crippen MR) is 125 cm³/mol. The molecule has 0 atom stereocenters. The quantitative estimate of drug-likeness (QED) is 0.610. The van der Waals surface area contributed by atoms with E-state index in [1.807, 2.05) is 68.4 Å². The van der Waals surface area contributed by atoms with Gasteiger partial charge < -0.3 is 4.90 Å². The normalized spacial score (nSPS) is 15.5. The summed E-state index contributed by atoms with van der Waals surface area (Å²) in [6.07, 6.45) is 1.64. The molecule has 1 aliphatic rings. The smallest absolute Gasteiger partial charge is 0.236 e. The van der Waals surface area contributed by atoms with E-state index in [9.17, 15) is 8.42 Å². The fourth-order valence-corrected chi connectivity index (χ4v) is 4.79. The van der Waals surface area contributed by atoms with E-state index in [1.165, 1.54) is 9.71 Å². The molecule has 1 aromatic heterocycles. The maximum atomic E-state index is 12.7. The summed E-state index contributed by atoms with van der Waals surface area (Å²) in [5, 5.41) is 1.29. The highest BCUT2D eigenvalue weighted by atomic mass is 32.2. The Morgan fingerprint density at radius 2 is 1.61 bits per heavy atom. The summed E-state index contributed by atoms with van der Waals surface area (Å²) in [4.78, 5) is 11.5. The summed E-state index contributed by atoms with van der Waals surface area (Å²) >= 11 is 0. The first-order chi connectivity index (χ1) is 14.9. The van der Waals surface area contributed by atoms with E-state index in [0.717, 1.165) is 28.2 Å². The minimum atomic E-state index is -3.46. The molecule has 1 aliphatic heterocycles. The molecule has 7 heteroatoms. The molecule has 0 radical (unpaired) electrons. The molecule has 0 spiro atoms. The van der Waals surface area contributed by atoms with Crippen molar-refractivity contribution in [1.82, 2.24) is 14.3 Å². The number of anilines is 1. The molecule has 0 bridgehead atoms. The Morgan fingerprint density at radius 3 is 2.32 bits per heavy atom. The van der Waals surface area contributed by atoms with Gasteiger partial charge in [0.2, 0.25) is 10.0 Å². The minimum Gasteiger partial charge on any atom is -0.354 e. The lowest BCUT2D eigenvalue weighted by molar-refractivity contribution is 0.389. The van der Waals surface area contributed by atoms with Crippen LogP contribution in [0.5, 0.6) is 0 Å². The van der Waals surface area contributed by atoms with Crippen molar-refractivity contribution in [3.8, 4) is 11.4 Å². The van der Waals surface area contributed by atoms with E-state index in [0.29, 0.717) is 32.0 Å². The van der Waals surface area contributed by atoms with Crippen LogP contribution in [0.25, 0.3) is 17.5 Å². The average molecular weight is 435 g/mol. The second-order valence-electron chi connectivity index (χ2n) is 7.71. The molecule has 0 amide bonds. The van der Waals surface area contributed by atoms with Crippen molar-refractivity contribution < 1.29 is 8.42 Å². The zero-order valence-electron chi connectivity index (χ0n) is 17.8. The van der Waals surface area contributed by atoms with Crippen molar-refractivity contribution in [3.63, 3.8) is 0 Å². The van der Waals surface area contributed by atoms with Crippen LogP contribution in [0.2, 0.25) is 0 Å². The minimum absolute atomic E-state index is 0.421. The number of aryl methyl sites for hydroxylation is 2. The van der Waals surface area contributed by atoms with E-state index in [-0.39, 0.29) is 0 Å². The number of sulfonamides is 1. The summed E-state index contributed by atoms with van der Waals surface area (Å²) in [6.45, 7) is 6.02. The van der Waals surface area contributed by atoms with Gasteiger partial charge in [-0.1, -0.05) is 54.1 Å². The van der Waals surface area contributed by atoms with E-state index in [2.05, 4.69) is 16.0 Å². The number of piperazine rings is 1. The molecule has 6 nitrogen and oxygen atoms in total. The number of hydrogen-bond acceptors (Lipinski definition) is 5. The first kappa shape index (κ1) is 21.2. The molecule has 2 aromatic carbocycles. The Bertz CT molecular complexity index is 1190. The Kier molecular flexibility index (Phi) is 6.15. The van der Waals surface area contributed by atoms with Gasteiger partial charge in [0.25, 0.3) is 0 Å². The van der Waals surface area contributed by atoms with E-state index in [1.54, 1.807) is 6.08 Å². The van der Waals surface area contributed by atoms with Crippen LogP contribution in [0.1, 0.15) is 16.8 Å². The van der Waals surface area contributed by atoms with Crippen LogP contribution in [-0.4, -0.2) is 48.9 Å². The fraction of sp³-hybridized carbons (Fsp3) is 0.250. The van der Waals surface area contributed by atoms with Gasteiger partial charge in [0, 0.05) is 48.9 Å². The maximum absolute atomic E-state index is 12.7. The van der Waals surface area contributed by atoms with E-state index < -0.39 is 10.0 Å². The van der Waals surface area contributed by atoms with Gasteiger partial charge >= 0.3 is 0 Å². The third kappa shape index (κ3) is 5.18. The summed E-state index contributed by atoms with van der Waals surface area (Å²) in [5.74, 6) is 1.53. The van der Waals surface area contributed by atoms with Crippen LogP contribution < -0.4 is 4.90 Å². The topological polar surface area (TPSA) is 66.4 Å². The Labute approximate surface area is 183 Å². The second kappa shape index (κ2) is 8.99. The standard InChI is InChI=1S/C24H26N4O2S/c1-19-7-6-10-22(17-19)24-25-20(2)18-23(26-24)27-12-14-28(15-13-27)31(29,30)16-11-21-8-4-3-5-9-21/h3-11,16-18H,12-15H2,1-2H3/b16-11+. The largest absolute Gasteiger partial charge is 0.354 e. The van der Waals surface area contributed by atoms with E-state index >= 15 is 0 Å². The number of benzene rings is 2. The average Bonchev–Trinajstić information content (AvgIpc) is 2.78. The molecule has 3 aromatic rings. The van der Waals surface area contributed by atoms with Crippen molar-refractivity contribution in [2.24, 2.45) is 0 Å². The van der Waals surface area contributed by atoms with Crippen molar-refractivity contribution >= 4 is 21.9 Å². The monoisotopic (exact) mass is 434 g/mol. The molecule has 2 heterocycles. The van der Waals surface area contributed by atoms with Crippen LogP contribution in [-0.2, 0) is 10.0 Å². The number of hydrogen-bond donors (Lipinski definition) is 0. The van der Waals surface area contributed by atoms with Crippen LogP contribution >= 0.6 is 0 Å². The van der Waals surface area contributed by atoms with Crippen LogP contribution in [0.4, 0.5) is 5.82 Å². The van der Waals surface area contributed by atoms with Gasteiger partial charge in [-0.2, -0.15) is 4.31 Å². The summed E-state index contributed by atoms with van der Waals surface area (Å²) in [6, 6.07) is 19.5. The van der Waals surface area contributed by atoms with Gasteiger partial charge in [-0.15, -0.1) is 0 Å². The van der Waals surface area contributed by atoms with Crippen molar-refractivity contribution in [3.05, 3.63) is 82.9 Å². The summed E-state index contributed by atoms with van der Waals surface area (Å²) in [5.41, 5.74) is 3.90. The zero-order chi connectivity index (χ0) is 21.8. The highest BCUT2D eigenvalue weighted by Gasteiger charge is 2.26. The third-order valence-corrected chi connectivity index (χ3v) is 6.84. The first-order valence-electron chi connectivity index (χ1n) is 10.3. The van der Waals surface area contributed by atoms with Gasteiger partial charge in [-0.25, -0.2) is 18.4 Å². The van der Waals surface area contributed by atoms with E-state index in [4.69, 9.17) is 4.98 Å². The van der Waals surface area contributed by atoms with Crippen LogP contribution in [0.15, 0.2) is 66.1 Å². The molecule has 4 rings (SSSR count). The summed E-state index contributed by atoms with van der Waals surface area (Å²) < 4.78 is 27.0. The highest BCUT2D eigenvalue weighted by Crippen LogP contribution is 2.22. The van der Waals surface area contributed by atoms with Gasteiger partial charge in [-0.05, 0) is 31.6 Å². The Balaban J connectivity index is 1.47. The van der Waals surface area contributed by atoms with Crippen LogP contribution in [0.3, 0.4) is 0 Å². The van der Waals surface area contributed by atoms with Gasteiger partial charge in [-0.3, -0.25) is 0 Å². The Hall–Kier alpha value is -3.03. The lowest BCUT2D eigenvalue weighted by Gasteiger charge is -2.34. The van der Waals surface area contributed by atoms with Crippen molar-refractivity contribution in [2.75, 3.05) is 31.1 Å². The molecule has 1 saturated heterocycles. The van der Waals surface area contributed by atoms with Crippen LogP contribution in [0, 0.1) is 13.8 Å². The fourth-order valence-electron chi connectivity index (χ4n) is 3.61. The molecule has 0 saturated carbocycles. The number of nitrogens with zero attached hydrogens (tertiary/aromatic N) is 4. The molecule has 1 fully saturated rings. The van der Waals surface area contributed by atoms with Crippen molar-refractivity contribution in [2.45, 2.75) is 13.8 Å². The molecular formula is C24H26N4O2S. The Morgan fingerprint density at radius 1 is 0.871 bits per heavy atom. The molecule has 0 N–H and O–H groups in total. The number of aromatic nitrogens is 2. The van der Waals surface area contributed by atoms with Crippen molar-refractivity contribution in [1.29, 1.82) is 0 Å². The first-order valence-corrected chi connectivity index (χ1v) is 11.8. The summed E-state index contributed by atoms with van der Waals surface area (Å²) in [7, 11) is -3.46.